The van der Waals surface area contributed by atoms with Gasteiger partial charge in [0.15, 0.2) is 0 Å². The van der Waals surface area contributed by atoms with Crippen LogP contribution >= 0.6 is 0 Å². The molecule has 0 aromatic heterocycles. The predicted octanol–water partition coefficient (Wildman–Crippen LogP) is 0.961. The summed E-state index contributed by atoms with van der Waals surface area (Å²) in [5.74, 6) is -1.96. The number of primary sulfonamides is 1. The molecule has 0 amide bonds. The molecule has 0 fully saturated rings. The highest BCUT2D eigenvalue weighted by Gasteiger charge is 2.48. The van der Waals surface area contributed by atoms with E-state index in [1.807, 2.05) is 0 Å². The van der Waals surface area contributed by atoms with E-state index in [-0.39, 0.29) is 11.3 Å². The fraction of sp³-hybridized carbons (Fsp3) is 0.500. The molecule has 1 rings (SSSR count). The van der Waals surface area contributed by atoms with Crippen LogP contribution in [0.1, 0.15) is 13.3 Å². The summed E-state index contributed by atoms with van der Waals surface area (Å²) in [5.41, 5.74) is -1.58. The Morgan fingerprint density at radius 2 is 2.24 bits per heavy atom. The van der Waals surface area contributed by atoms with Crippen molar-refractivity contribution >= 4 is 10.0 Å². The molecule has 1 aliphatic carbocycles. The zero-order valence-electron chi connectivity index (χ0n) is 9.47. The minimum absolute atomic E-state index is 0.122. The van der Waals surface area contributed by atoms with Crippen LogP contribution in [0.25, 0.3) is 0 Å². The summed E-state index contributed by atoms with van der Waals surface area (Å²) in [7, 11) is -2.82. The molecular formula is C10H13FN2O3S. The van der Waals surface area contributed by atoms with E-state index < -0.39 is 27.4 Å². The summed E-state index contributed by atoms with van der Waals surface area (Å²) < 4.78 is 41.5. The zero-order chi connectivity index (χ0) is 13.3. The summed E-state index contributed by atoms with van der Waals surface area (Å²) in [6.45, 7) is 1.60. The smallest absolute Gasteiger partial charge is 0.235 e. The Balaban J connectivity index is 3.47. The van der Waals surface area contributed by atoms with Crippen molar-refractivity contribution in [1.29, 1.82) is 5.26 Å². The van der Waals surface area contributed by atoms with Crippen molar-refractivity contribution in [3.63, 3.8) is 0 Å². The maximum Gasteiger partial charge on any atom is 0.235 e. The molecule has 0 radical (unpaired) electrons. The third kappa shape index (κ3) is 2.11. The number of nitriles is 1. The largest absolute Gasteiger partial charge is 0.369 e. The van der Waals surface area contributed by atoms with Gasteiger partial charge in [-0.05, 0) is 18.6 Å². The van der Waals surface area contributed by atoms with Gasteiger partial charge in [0.05, 0.1) is 11.0 Å². The molecule has 2 atom stereocenters. The van der Waals surface area contributed by atoms with Crippen LogP contribution < -0.4 is 5.14 Å². The SMILES string of the molecule is CCC1(OC)C(F)=CC=C(S(N)(=O)=O)C1C#N. The predicted molar refractivity (Wildman–Crippen MR) is 59.5 cm³/mol. The molecule has 1 aliphatic rings. The fourth-order valence-corrected chi connectivity index (χ4v) is 2.75. The van der Waals surface area contributed by atoms with Gasteiger partial charge in [-0.25, -0.2) is 17.9 Å². The van der Waals surface area contributed by atoms with E-state index in [4.69, 9.17) is 15.1 Å². The summed E-state index contributed by atoms with van der Waals surface area (Å²) in [5, 5.41) is 14.1. The highest BCUT2D eigenvalue weighted by molar-refractivity contribution is 7.93. The molecule has 0 bridgehead atoms. The van der Waals surface area contributed by atoms with Crippen LogP contribution in [-0.2, 0) is 14.8 Å². The van der Waals surface area contributed by atoms with Crippen molar-refractivity contribution in [2.45, 2.75) is 18.9 Å². The molecule has 0 aliphatic heterocycles. The Hall–Kier alpha value is -1.23. The Morgan fingerprint density at radius 1 is 1.65 bits per heavy atom. The van der Waals surface area contributed by atoms with Crippen molar-refractivity contribution in [1.82, 2.24) is 0 Å². The Morgan fingerprint density at radius 3 is 2.59 bits per heavy atom. The van der Waals surface area contributed by atoms with Crippen molar-refractivity contribution in [2.75, 3.05) is 7.11 Å². The van der Waals surface area contributed by atoms with E-state index >= 15 is 0 Å². The monoisotopic (exact) mass is 260 g/mol. The number of sulfonamides is 1. The summed E-state index contributed by atoms with van der Waals surface area (Å²) in [6.07, 6.45) is 2.10. The average molecular weight is 260 g/mol. The number of ether oxygens (including phenoxy) is 1. The van der Waals surface area contributed by atoms with Gasteiger partial charge in [0.2, 0.25) is 10.0 Å². The Labute approximate surface area is 99.4 Å². The minimum Gasteiger partial charge on any atom is -0.369 e. The molecule has 0 spiro atoms. The molecular weight excluding hydrogens is 247 g/mol. The number of allylic oxidation sites excluding steroid dienone is 2. The topological polar surface area (TPSA) is 93.2 Å². The van der Waals surface area contributed by atoms with E-state index in [9.17, 15) is 12.8 Å². The van der Waals surface area contributed by atoms with Crippen LogP contribution in [0.5, 0.6) is 0 Å². The number of halogens is 1. The van der Waals surface area contributed by atoms with Gasteiger partial charge in [-0.15, -0.1) is 0 Å². The summed E-state index contributed by atoms with van der Waals surface area (Å²) in [6, 6.07) is 1.75. The number of nitrogens with zero attached hydrogens (tertiary/aromatic N) is 1. The van der Waals surface area contributed by atoms with Gasteiger partial charge in [-0.1, -0.05) is 6.92 Å². The third-order valence-corrected chi connectivity index (χ3v) is 3.92. The van der Waals surface area contributed by atoms with Crippen LogP contribution in [0.3, 0.4) is 0 Å². The molecule has 0 saturated carbocycles. The van der Waals surface area contributed by atoms with Gasteiger partial charge in [0.1, 0.15) is 17.3 Å². The van der Waals surface area contributed by atoms with Crippen LogP contribution in [0.4, 0.5) is 4.39 Å². The quantitative estimate of drug-likeness (QED) is 0.817. The first kappa shape index (κ1) is 13.8. The van der Waals surface area contributed by atoms with Gasteiger partial charge in [-0.2, -0.15) is 5.26 Å². The second-order valence-electron chi connectivity index (χ2n) is 3.64. The number of methoxy groups -OCH3 is 1. The second-order valence-corrected chi connectivity index (χ2v) is 5.20. The highest BCUT2D eigenvalue weighted by Crippen LogP contribution is 2.42. The molecule has 94 valence electrons. The molecule has 5 nitrogen and oxygen atoms in total. The first-order valence-electron chi connectivity index (χ1n) is 4.89. The molecule has 0 aromatic carbocycles. The number of nitrogens with two attached hydrogens (primary N) is 1. The molecule has 2 N–H and O–H groups in total. The molecule has 0 aromatic rings. The van der Waals surface area contributed by atoms with E-state index in [0.717, 1.165) is 12.2 Å². The van der Waals surface area contributed by atoms with Crippen molar-refractivity contribution in [3.05, 3.63) is 22.9 Å². The van der Waals surface area contributed by atoms with Gasteiger partial charge in [0, 0.05) is 7.11 Å². The van der Waals surface area contributed by atoms with Gasteiger partial charge in [0.25, 0.3) is 0 Å². The lowest BCUT2D eigenvalue weighted by molar-refractivity contribution is -0.0200. The lowest BCUT2D eigenvalue weighted by atomic mass is 9.81. The standard InChI is InChI=1S/C10H13FN2O3S/c1-3-10(16-2)7(6-12)8(17(13,14)15)4-5-9(10)11/h4-5,7H,3H2,1-2H3,(H2,13,14,15). The highest BCUT2D eigenvalue weighted by atomic mass is 32.2. The number of rotatable bonds is 3. The number of hydrogen-bond donors (Lipinski definition) is 1. The second kappa shape index (κ2) is 4.56. The van der Waals surface area contributed by atoms with E-state index in [0.29, 0.717) is 0 Å². The lowest BCUT2D eigenvalue weighted by Gasteiger charge is -2.36. The van der Waals surface area contributed by atoms with Crippen molar-refractivity contribution in [2.24, 2.45) is 11.1 Å². The average Bonchev–Trinajstić information content (AvgIpc) is 2.27. The van der Waals surface area contributed by atoms with Gasteiger partial charge >= 0.3 is 0 Å². The summed E-state index contributed by atoms with van der Waals surface area (Å²) >= 11 is 0. The number of hydrogen-bond acceptors (Lipinski definition) is 4. The zero-order valence-corrected chi connectivity index (χ0v) is 10.3. The first-order chi connectivity index (χ1) is 7.83. The normalized spacial score (nSPS) is 29.2. The maximum absolute atomic E-state index is 13.8. The van der Waals surface area contributed by atoms with Crippen LogP contribution in [0.2, 0.25) is 0 Å². The summed E-state index contributed by atoms with van der Waals surface area (Å²) in [4.78, 5) is -0.329. The maximum atomic E-state index is 13.8. The molecule has 0 heterocycles. The van der Waals surface area contributed by atoms with E-state index in [2.05, 4.69) is 0 Å². The molecule has 7 heteroatoms. The van der Waals surface area contributed by atoms with Crippen LogP contribution in [0.15, 0.2) is 22.9 Å². The molecule has 2 unspecified atom stereocenters. The van der Waals surface area contributed by atoms with Gasteiger partial charge in [-0.3, -0.25) is 0 Å². The molecule has 17 heavy (non-hydrogen) atoms. The van der Waals surface area contributed by atoms with Crippen LogP contribution in [0, 0.1) is 17.2 Å². The van der Waals surface area contributed by atoms with Gasteiger partial charge < -0.3 is 4.74 Å². The van der Waals surface area contributed by atoms with E-state index in [1.54, 1.807) is 13.0 Å². The van der Waals surface area contributed by atoms with E-state index in [1.165, 1.54) is 7.11 Å². The lowest BCUT2D eigenvalue weighted by Crippen LogP contribution is -2.44. The molecule has 0 saturated heterocycles. The fourth-order valence-electron chi connectivity index (χ4n) is 1.92. The van der Waals surface area contributed by atoms with Crippen LogP contribution in [-0.4, -0.2) is 21.1 Å². The van der Waals surface area contributed by atoms with Crippen molar-refractivity contribution < 1.29 is 17.5 Å². The third-order valence-electron chi connectivity index (χ3n) is 2.90. The Kier molecular flexibility index (Phi) is 3.71. The first-order valence-corrected chi connectivity index (χ1v) is 6.43. The Bertz CT molecular complexity index is 512. The van der Waals surface area contributed by atoms with Crippen molar-refractivity contribution in [3.8, 4) is 6.07 Å². The minimum atomic E-state index is -4.05.